The molecule has 0 radical (unpaired) electrons. The molecular formula is C13H15BrN4O3. The molecule has 0 aliphatic carbocycles. The number of rotatable bonds is 6. The molecule has 112 valence electrons. The maximum Gasteiger partial charge on any atom is 0.326 e. The molecule has 2 aromatic heterocycles. The molecule has 0 aromatic carbocycles. The maximum absolute atomic E-state index is 12.2. The smallest absolute Gasteiger partial charge is 0.326 e. The van der Waals surface area contributed by atoms with Crippen molar-refractivity contribution in [3.63, 3.8) is 0 Å². The molecule has 0 bridgehead atoms. The van der Waals surface area contributed by atoms with Crippen LogP contribution in [-0.2, 0) is 17.8 Å². The summed E-state index contributed by atoms with van der Waals surface area (Å²) in [6.07, 6.45) is 4.93. The number of aromatic amines is 1. The highest BCUT2D eigenvalue weighted by Crippen LogP contribution is 2.15. The Labute approximate surface area is 129 Å². The number of aryl methyl sites for hydroxylation is 1. The van der Waals surface area contributed by atoms with Gasteiger partial charge in [-0.25, -0.2) is 9.78 Å². The zero-order valence-corrected chi connectivity index (χ0v) is 12.9. The predicted octanol–water partition coefficient (Wildman–Crippen LogP) is 1.42. The zero-order valence-electron chi connectivity index (χ0n) is 11.3. The van der Waals surface area contributed by atoms with Crippen molar-refractivity contribution in [1.82, 2.24) is 19.9 Å². The number of carboxylic acids is 1. The summed E-state index contributed by atoms with van der Waals surface area (Å²) in [5.74, 6) is -1.51. The van der Waals surface area contributed by atoms with Gasteiger partial charge in [0.1, 0.15) is 11.7 Å². The van der Waals surface area contributed by atoms with E-state index in [0.717, 1.165) is 4.47 Å². The Hall–Kier alpha value is -2.09. The van der Waals surface area contributed by atoms with E-state index < -0.39 is 17.9 Å². The molecule has 2 rings (SSSR count). The third kappa shape index (κ3) is 3.72. The van der Waals surface area contributed by atoms with Crippen molar-refractivity contribution in [2.24, 2.45) is 0 Å². The number of aromatic nitrogens is 3. The Morgan fingerprint density at radius 1 is 1.57 bits per heavy atom. The van der Waals surface area contributed by atoms with E-state index in [1.54, 1.807) is 16.8 Å². The molecule has 0 saturated heterocycles. The largest absolute Gasteiger partial charge is 0.480 e. The van der Waals surface area contributed by atoms with Crippen molar-refractivity contribution in [2.45, 2.75) is 25.9 Å². The van der Waals surface area contributed by atoms with E-state index in [1.165, 1.54) is 12.5 Å². The Kier molecular flexibility index (Phi) is 4.79. The number of carbonyl (C=O) groups is 2. The van der Waals surface area contributed by atoms with Gasteiger partial charge in [0.25, 0.3) is 5.91 Å². The van der Waals surface area contributed by atoms with E-state index in [9.17, 15) is 14.7 Å². The number of amides is 1. The first-order valence-corrected chi connectivity index (χ1v) is 7.17. The predicted molar refractivity (Wildman–Crippen MR) is 79.0 cm³/mol. The number of carbonyl (C=O) groups excluding carboxylic acids is 1. The molecule has 8 heteroatoms. The molecule has 1 unspecified atom stereocenters. The molecule has 2 aromatic rings. The normalized spacial score (nSPS) is 12.1. The minimum Gasteiger partial charge on any atom is -0.480 e. The molecule has 21 heavy (non-hydrogen) atoms. The highest BCUT2D eigenvalue weighted by atomic mass is 79.9. The van der Waals surface area contributed by atoms with E-state index >= 15 is 0 Å². The molecule has 0 saturated carbocycles. The number of nitrogens with one attached hydrogen (secondary N) is 2. The summed E-state index contributed by atoms with van der Waals surface area (Å²) in [6, 6.07) is 0.644. The molecule has 0 fully saturated rings. The van der Waals surface area contributed by atoms with Crippen molar-refractivity contribution < 1.29 is 14.7 Å². The van der Waals surface area contributed by atoms with Crippen LogP contribution in [0.15, 0.2) is 29.3 Å². The van der Waals surface area contributed by atoms with Gasteiger partial charge in [-0.05, 0) is 28.9 Å². The van der Waals surface area contributed by atoms with Gasteiger partial charge in [0, 0.05) is 35.5 Å². The van der Waals surface area contributed by atoms with Crippen LogP contribution in [0, 0.1) is 0 Å². The summed E-state index contributed by atoms with van der Waals surface area (Å²) in [5.41, 5.74) is 1.06. The van der Waals surface area contributed by atoms with Crippen LogP contribution in [0.1, 0.15) is 23.1 Å². The molecule has 3 N–H and O–H groups in total. The zero-order chi connectivity index (χ0) is 15.4. The van der Waals surface area contributed by atoms with Gasteiger partial charge in [-0.2, -0.15) is 0 Å². The average molecular weight is 355 g/mol. The summed E-state index contributed by atoms with van der Waals surface area (Å²) in [5, 5.41) is 11.8. The van der Waals surface area contributed by atoms with E-state index in [-0.39, 0.29) is 6.42 Å². The van der Waals surface area contributed by atoms with Crippen LogP contribution < -0.4 is 5.32 Å². The Morgan fingerprint density at radius 2 is 2.33 bits per heavy atom. The average Bonchev–Trinajstić information content (AvgIpc) is 3.06. The lowest BCUT2D eigenvalue weighted by Gasteiger charge is -2.14. The van der Waals surface area contributed by atoms with Crippen LogP contribution >= 0.6 is 15.9 Å². The minimum atomic E-state index is -1.09. The number of nitrogens with zero attached hydrogens (tertiary/aromatic N) is 2. The van der Waals surface area contributed by atoms with E-state index in [4.69, 9.17) is 0 Å². The van der Waals surface area contributed by atoms with Crippen LogP contribution in [-0.4, -0.2) is 37.6 Å². The van der Waals surface area contributed by atoms with Gasteiger partial charge in [-0.3, -0.25) is 4.79 Å². The highest BCUT2D eigenvalue weighted by molar-refractivity contribution is 9.10. The second kappa shape index (κ2) is 6.57. The second-order valence-electron chi connectivity index (χ2n) is 4.47. The second-order valence-corrected chi connectivity index (χ2v) is 5.39. The van der Waals surface area contributed by atoms with Crippen molar-refractivity contribution in [3.05, 3.63) is 40.6 Å². The molecule has 2 heterocycles. The SMILES string of the molecule is CCn1cc(Br)cc1C(=O)NC(Cc1cnc[nH]1)C(=O)O. The Balaban J connectivity index is 2.12. The van der Waals surface area contributed by atoms with Crippen molar-refractivity contribution in [1.29, 1.82) is 0 Å². The number of H-pyrrole nitrogens is 1. The standard InChI is InChI=1S/C13H15BrN4O3/c1-2-18-6-8(14)3-11(18)12(19)17-10(13(20)21)4-9-5-15-7-16-9/h3,5-7,10H,2,4H2,1H3,(H,15,16)(H,17,19)(H,20,21). The summed E-state index contributed by atoms with van der Waals surface area (Å²) in [4.78, 5) is 30.2. The Morgan fingerprint density at radius 3 is 2.90 bits per heavy atom. The first-order valence-electron chi connectivity index (χ1n) is 6.37. The fraction of sp³-hybridized carbons (Fsp3) is 0.308. The van der Waals surface area contributed by atoms with Gasteiger partial charge in [0.15, 0.2) is 0 Å². The van der Waals surface area contributed by atoms with Crippen LogP contribution in [0.25, 0.3) is 0 Å². The number of aliphatic carboxylic acids is 1. The van der Waals surface area contributed by atoms with Crippen LogP contribution in [0.4, 0.5) is 0 Å². The van der Waals surface area contributed by atoms with E-state index in [1.807, 2.05) is 6.92 Å². The lowest BCUT2D eigenvalue weighted by Crippen LogP contribution is -2.43. The number of halogens is 1. The van der Waals surface area contributed by atoms with E-state index in [2.05, 4.69) is 31.2 Å². The molecule has 1 atom stereocenters. The fourth-order valence-electron chi connectivity index (χ4n) is 1.98. The fourth-order valence-corrected chi connectivity index (χ4v) is 2.44. The topological polar surface area (TPSA) is 100 Å². The molecule has 0 aliphatic heterocycles. The van der Waals surface area contributed by atoms with Gasteiger partial charge < -0.3 is 20.0 Å². The number of carboxylic acid groups (broad SMARTS) is 1. The van der Waals surface area contributed by atoms with Crippen molar-refractivity contribution in [3.8, 4) is 0 Å². The molecule has 7 nitrogen and oxygen atoms in total. The minimum absolute atomic E-state index is 0.148. The van der Waals surface area contributed by atoms with Gasteiger partial charge in [0.2, 0.25) is 0 Å². The Bertz CT molecular complexity index is 636. The van der Waals surface area contributed by atoms with Crippen molar-refractivity contribution in [2.75, 3.05) is 0 Å². The van der Waals surface area contributed by atoms with Crippen LogP contribution in [0.3, 0.4) is 0 Å². The number of hydrogen-bond donors (Lipinski definition) is 3. The van der Waals surface area contributed by atoms with Gasteiger partial charge in [-0.1, -0.05) is 0 Å². The highest BCUT2D eigenvalue weighted by Gasteiger charge is 2.23. The van der Waals surface area contributed by atoms with Gasteiger partial charge >= 0.3 is 5.97 Å². The summed E-state index contributed by atoms with van der Waals surface area (Å²) in [6.45, 7) is 2.52. The quantitative estimate of drug-likeness (QED) is 0.730. The lowest BCUT2D eigenvalue weighted by atomic mass is 10.1. The number of imidazole rings is 1. The molecular weight excluding hydrogens is 340 g/mol. The van der Waals surface area contributed by atoms with Crippen LogP contribution in [0.5, 0.6) is 0 Å². The van der Waals surface area contributed by atoms with Gasteiger partial charge in [0.05, 0.1) is 6.33 Å². The summed E-state index contributed by atoms with van der Waals surface area (Å²) < 4.78 is 2.52. The number of hydrogen-bond acceptors (Lipinski definition) is 3. The van der Waals surface area contributed by atoms with E-state index in [0.29, 0.717) is 17.9 Å². The summed E-state index contributed by atoms with van der Waals surface area (Å²) in [7, 11) is 0. The molecule has 0 aliphatic rings. The maximum atomic E-state index is 12.2. The van der Waals surface area contributed by atoms with Gasteiger partial charge in [-0.15, -0.1) is 0 Å². The third-order valence-corrected chi connectivity index (χ3v) is 3.45. The third-order valence-electron chi connectivity index (χ3n) is 3.02. The summed E-state index contributed by atoms with van der Waals surface area (Å²) >= 11 is 3.31. The molecule has 0 spiro atoms. The first-order chi connectivity index (χ1) is 10.0. The first kappa shape index (κ1) is 15.3. The van der Waals surface area contributed by atoms with Crippen LogP contribution in [0.2, 0.25) is 0 Å². The molecule has 1 amide bonds. The lowest BCUT2D eigenvalue weighted by molar-refractivity contribution is -0.139. The monoisotopic (exact) mass is 354 g/mol. The van der Waals surface area contributed by atoms with Crippen molar-refractivity contribution >= 4 is 27.8 Å².